The molecule has 0 saturated heterocycles. The first kappa shape index (κ1) is 12.9. The van der Waals surface area contributed by atoms with Crippen molar-refractivity contribution >= 4 is 5.78 Å². The molecule has 1 aromatic carbocycles. The fraction of sp³-hybridized carbons (Fsp3) is 0.500. The SMILES string of the molecule is CC(C)(C)C(=O)C(N)CCc1ccccc1. The van der Waals surface area contributed by atoms with Crippen molar-refractivity contribution in [2.45, 2.75) is 39.7 Å². The second-order valence-corrected chi connectivity index (χ2v) is 5.25. The maximum Gasteiger partial charge on any atom is 0.154 e. The van der Waals surface area contributed by atoms with Crippen LogP contribution in [0.25, 0.3) is 0 Å². The summed E-state index contributed by atoms with van der Waals surface area (Å²) < 4.78 is 0. The molecule has 2 N–H and O–H groups in total. The highest BCUT2D eigenvalue weighted by Gasteiger charge is 2.26. The van der Waals surface area contributed by atoms with E-state index in [0.717, 1.165) is 12.8 Å². The molecule has 16 heavy (non-hydrogen) atoms. The molecule has 1 atom stereocenters. The summed E-state index contributed by atoms with van der Waals surface area (Å²) in [6.07, 6.45) is 1.59. The van der Waals surface area contributed by atoms with Crippen LogP contribution in [0.15, 0.2) is 30.3 Å². The Hall–Kier alpha value is -1.15. The Kier molecular flexibility index (Phi) is 4.25. The zero-order valence-electron chi connectivity index (χ0n) is 10.4. The van der Waals surface area contributed by atoms with Crippen molar-refractivity contribution in [3.63, 3.8) is 0 Å². The van der Waals surface area contributed by atoms with E-state index in [0.29, 0.717) is 0 Å². The van der Waals surface area contributed by atoms with Crippen molar-refractivity contribution in [1.29, 1.82) is 0 Å². The Morgan fingerprint density at radius 1 is 1.25 bits per heavy atom. The summed E-state index contributed by atoms with van der Waals surface area (Å²) in [6.45, 7) is 5.74. The molecule has 0 saturated carbocycles. The van der Waals surface area contributed by atoms with E-state index in [4.69, 9.17) is 5.73 Å². The van der Waals surface area contributed by atoms with Crippen LogP contribution in [-0.2, 0) is 11.2 Å². The molecule has 0 heterocycles. The molecule has 1 unspecified atom stereocenters. The second kappa shape index (κ2) is 5.26. The van der Waals surface area contributed by atoms with Crippen LogP contribution >= 0.6 is 0 Å². The first-order chi connectivity index (χ1) is 7.41. The normalized spacial score (nSPS) is 13.5. The Balaban J connectivity index is 2.48. The minimum absolute atomic E-state index is 0.142. The number of aryl methyl sites for hydroxylation is 1. The van der Waals surface area contributed by atoms with Crippen LogP contribution in [0.3, 0.4) is 0 Å². The lowest BCUT2D eigenvalue weighted by Gasteiger charge is -2.21. The van der Waals surface area contributed by atoms with E-state index in [1.807, 2.05) is 39.0 Å². The number of ketones is 1. The summed E-state index contributed by atoms with van der Waals surface area (Å²) in [5.74, 6) is 0.142. The van der Waals surface area contributed by atoms with Gasteiger partial charge in [-0.25, -0.2) is 0 Å². The highest BCUT2D eigenvalue weighted by Crippen LogP contribution is 2.18. The minimum Gasteiger partial charge on any atom is -0.321 e. The Labute approximate surface area is 97.9 Å². The standard InChI is InChI=1S/C14H21NO/c1-14(2,3)13(16)12(15)10-9-11-7-5-4-6-8-11/h4-8,12H,9-10,15H2,1-3H3. The number of hydrogen-bond donors (Lipinski definition) is 1. The molecule has 1 aromatic rings. The summed E-state index contributed by atoms with van der Waals surface area (Å²) >= 11 is 0. The first-order valence-corrected chi connectivity index (χ1v) is 5.75. The summed E-state index contributed by atoms with van der Waals surface area (Å²) in [4.78, 5) is 11.9. The number of nitrogens with two attached hydrogens (primary N) is 1. The van der Waals surface area contributed by atoms with Gasteiger partial charge in [-0.05, 0) is 18.4 Å². The Morgan fingerprint density at radius 3 is 2.31 bits per heavy atom. The van der Waals surface area contributed by atoms with Crippen LogP contribution in [-0.4, -0.2) is 11.8 Å². The van der Waals surface area contributed by atoms with Gasteiger partial charge >= 0.3 is 0 Å². The van der Waals surface area contributed by atoms with Crippen molar-refractivity contribution in [2.24, 2.45) is 11.1 Å². The van der Waals surface area contributed by atoms with E-state index in [2.05, 4.69) is 12.1 Å². The highest BCUT2D eigenvalue weighted by atomic mass is 16.1. The molecule has 0 fully saturated rings. The van der Waals surface area contributed by atoms with E-state index >= 15 is 0 Å². The third kappa shape index (κ3) is 3.78. The van der Waals surface area contributed by atoms with Crippen LogP contribution in [0.2, 0.25) is 0 Å². The van der Waals surface area contributed by atoms with Crippen LogP contribution in [0.4, 0.5) is 0 Å². The van der Waals surface area contributed by atoms with Gasteiger partial charge < -0.3 is 5.73 Å². The highest BCUT2D eigenvalue weighted by molar-refractivity contribution is 5.88. The largest absolute Gasteiger partial charge is 0.321 e. The van der Waals surface area contributed by atoms with Crippen LogP contribution in [0, 0.1) is 5.41 Å². The molecule has 0 amide bonds. The summed E-state index contributed by atoms with van der Waals surface area (Å²) in [5, 5.41) is 0. The van der Waals surface area contributed by atoms with Crippen LogP contribution in [0.5, 0.6) is 0 Å². The number of rotatable bonds is 4. The third-order valence-corrected chi connectivity index (χ3v) is 2.66. The molecular weight excluding hydrogens is 198 g/mol. The zero-order chi connectivity index (χ0) is 12.2. The smallest absolute Gasteiger partial charge is 0.154 e. The molecule has 0 aliphatic rings. The second-order valence-electron chi connectivity index (χ2n) is 5.25. The molecule has 0 bridgehead atoms. The number of carbonyl (C=O) groups excluding carboxylic acids is 1. The number of Topliss-reactive ketones (excluding diaryl/α,β-unsaturated/α-hetero) is 1. The number of carbonyl (C=O) groups is 1. The van der Waals surface area contributed by atoms with Gasteiger partial charge in [0.1, 0.15) is 0 Å². The van der Waals surface area contributed by atoms with Gasteiger partial charge in [0.2, 0.25) is 0 Å². The molecule has 0 radical (unpaired) electrons. The molecule has 2 nitrogen and oxygen atoms in total. The Bertz CT molecular complexity index is 338. The van der Waals surface area contributed by atoms with E-state index in [1.54, 1.807) is 0 Å². The monoisotopic (exact) mass is 219 g/mol. The summed E-state index contributed by atoms with van der Waals surface area (Å²) in [6, 6.07) is 9.78. The van der Waals surface area contributed by atoms with Crippen molar-refractivity contribution in [2.75, 3.05) is 0 Å². The number of benzene rings is 1. The third-order valence-electron chi connectivity index (χ3n) is 2.66. The van der Waals surface area contributed by atoms with Gasteiger partial charge in [0, 0.05) is 5.41 Å². The quantitative estimate of drug-likeness (QED) is 0.845. The molecule has 1 rings (SSSR count). The average Bonchev–Trinajstić information content (AvgIpc) is 2.25. The van der Waals surface area contributed by atoms with Crippen LogP contribution < -0.4 is 5.73 Å². The summed E-state index contributed by atoms with van der Waals surface area (Å²) in [5.41, 5.74) is 6.80. The molecule has 0 aliphatic carbocycles. The molecule has 0 aliphatic heterocycles. The average molecular weight is 219 g/mol. The molecule has 88 valence electrons. The van der Waals surface area contributed by atoms with E-state index in [9.17, 15) is 4.79 Å². The van der Waals surface area contributed by atoms with Crippen molar-refractivity contribution in [1.82, 2.24) is 0 Å². The van der Waals surface area contributed by atoms with Gasteiger partial charge in [-0.1, -0.05) is 51.1 Å². The van der Waals surface area contributed by atoms with E-state index < -0.39 is 0 Å². The number of hydrogen-bond acceptors (Lipinski definition) is 2. The maximum absolute atomic E-state index is 11.9. The van der Waals surface area contributed by atoms with Crippen LogP contribution in [0.1, 0.15) is 32.8 Å². The first-order valence-electron chi connectivity index (χ1n) is 5.75. The topological polar surface area (TPSA) is 43.1 Å². The van der Waals surface area contributed by atoms with Crippen molar-refractivity contribution < 1.29 is 4.79 Å². The fourth-order valence-corrected chi connectivity index (χ4v) is 1.65. The molecule has 0 aromatic heterocycles. The lowest BCUT2D eigenvalue weighted by molar-refractivity contribution is -0.127. The fourth-order valence-electron chi connectivity index (χ4n) is 1.65. The predicted molar refractivity (Wildman–Crippen MR) is 67.2 cm³/mol. The van der Waals surface area contributed by atoms with E-state index in [1.165, 1.54) is 5.56 Å². The zero-order valence-corrected chi connectivity index (χ0v) is 10.4. The van der Waals surface area contributed by atoms with Crippen molar-refractivity contribution in [3.8, 4) is 0 Å². The van der Waals surface area contributed by atoms with Gasteiger partial charge in [0.05, 0.1) is 6.04 Å². The molecule has 0 spiro atoms. The predicted octanol–water partition coefficient (Wildman–Crippen LogP) is 2.56. The Morgan fingerprint density at radius 2 is 1.81 bits per heavy atom. The van der Waals surface area contributed by atoms with Gasteiger partial charge in [0.25, 0.3) is 0 Å². The van der Waals surface area contributed by atoms with Gasteiger partial charge in [-0.15, -0.1) is 0 Å². The van der Waals surface area contributed by atoms with Gasteiger partial charge in [-0.3, -0.25) is 4.79 Å². The molecule has 2 heteroatoms. The van der Waals surface area contributed by atoms with Crippen molar-refractivity contribution in [3.05, 3.63) is 35.9 Å². The lowest BCUT2D eigenvalue weighted by atomic mass is 9.85. The van der Waals surface area contributed by atoms with E-state index in [-0.39, 0.29) is 17.2 Å². The minimum atomic E-state index is -0.347. The maximum atomic E-state index is 11.9. The van der Waals surface area contributed by atoms with Gasteiger partial charge in [-0.2, -0.15) is 0 Å². The van der Waals surface area contributed by atoms with Gasteiger partial charge in [0.15, 0.2) is 5.78 Å². The molecular formula is C14H21NO. The summed E-state index contributed by atoms with van der Waals surface area (Å²) in [7, 11) is 0. The lowest BCUT2D eigenvalue weighted by Crippen LogP contribution is -2.39.